The molecule has 20 heavy (non-hydrogen) atoms. The molecular formula is C12H12F2N2O2S2. The highest BCUT2D eigenvalue weighted by molar-refractivity contribution is 8.01. The van der Waals surface area contributed by atoms with Crippen molar-refractivity contribution in [3.05, 3.63) is 34.8 Å². The molecule has 1 aromatic carbocycles. The van der Waals surface area contributed by atoms with Gasteiger partial charge in [0, 0.05) is 5.75 Å². The zero-order valence-electron chi connectivity index (χ0n) is 10.5. The van der Waals surface area contributed by atoms with Crippen LogP contribution in [0.1, 0.15) is 16.7 Å². The smallest absolute Gasteiger partial charge is 0.387 e. The summed E-state index contributed by atoms with van der Waals surface area (Å²) in [6, 6.07) is 5.94. The van der Waals surface area contributed by atoms with Crippen molar-refractivity contribution in [1.29, 1.82) is 0 Å². The highest BCUT2D eigenvalue weighted by atomic mass is 32.2. The van der Waals surface area contributed by atoms with Crippen molar-refractivity contribution in [2.75, 3.05) is 5.75 Å². The Labute approximate surface area is 122 Å². The molecule has 108 valence electrons. The number of thioether (sulfide) groups is 1. The molecule has 2 rings (SSSR count). The molecule has 0 amide bonds. The standard InChI is InChI=1S/C12H12F2N2O2S2/c1-7-15-16-12(20-7)19-6-10(17)8-2-4-9(5-3-8)18-11(13)14/h2-5,10-11,17H,6H2,1H3. The number of halogens is 2. The average molecular weight is 318 g/mol. The molecule has 0 fully saturated rings. The molecule has 1 N–H and O–H groups in total. The van der Waals surface area contributed by atoms with Crippen molar-refractivity contribution in [1.82, 2.24) is 10.2 Å². The molecule has 0 saturated carbocycles. The maximum atomic E-state index is 12.0. The number of hydrogen-bond donors (Lipinski definition) is 1. The van der Waals surface area contributed by atoms with Crippen LogP contribution in [0, 0.1) is 6.92 Å². The molecule has 1 atom stereocenters. The number of nitrogens with zero attached hydrogens (tertiary/aromatic N) is 2. The fourth-order valence-corrected chi connectivity index (χ4v) is 3.26. The van der Waals surface area contributed by atoms with Gasteiger partial charge < -0.3 is 9.84 Å². The SMILES string of the molecule is Cc1nnc(SCC(O)c2ccc(OC(F)F)cc2)s1. The minimum absolute atomic E-state index is 0.0725. The quantitative estimate of drug-likeness (QED) is 0.829. The van der Waals surface area contributed by atoms with Gasteiger partial charge in [0.2, 0.25) is 0 Å². The lowest BCUT2D eigenvalue weighted by atomic mass is 10.1. The molecule has 0 saturated heterocycles. The van der Waals surface area contributed by atoms with Crippen LogP contribution >= 0.6 is 23.1 Å². The lowest BCUT2D eigenvalue weighted by molar-refractivity contribution is -0.0498. The van der Waals surface area contributed by atoms with Gasteiger partial charge in [0.1, 0.15) is 10.8 Å². The zero-order chi connectivity index (χ0) is 14.5. The Bertz CT molecular complexity index is 549. The van der Waals surface area contributed by atoms with Crippen molar-refractivity contribution < 1.29 is 18.6 Å². The molecule has 0 bridgehead atoms. The van der Waals surface area contributed by atoms with Gasteiger partial charge in [-0.3, -0.25) is 0 Å². The number of aromatic nitrogens is 2. The number of hydrogen-bond acceptors (Lipinski definition) is 6. The Morgan fingerprint density at radius 3 is 2.55 bits per heavy atom. The fraction of sp³-hybridized carbons (Fsp3) is 0.333. The van der Waals surface area contributed by atoms with Crippen LogP contribution in [0.5, 0.6) is 5.75 Å². The van der Waals surface area contributed by atoms with E-state index in [0.29, 0.717) is 11.3 Å². The number of rotatable bonds is 6. The first-order valence-electron chi connectivity index (χ1n) is 5.70. The van der Waals surface area contributed by atoms with Crippen LogP contribution in [-0.2, 0) is 0 Å². The van der Waals surface area contributed by atoms with Gasteiger partial charge in [-0.25, -0.2) is 0 Å². The maximum Gasteiger partial charge on any atom is 0.387 e. The van der Waals surface area contributed by atoms with Crippen molar-refractivity contribution >= 4 is 23.1 Å². The maximum absolute atomic E-state index is 12.0. The molecule has 0 radical (unpaired) electrons. The number of alkyl halides is 2. The van der Waals surface area contributed by atoms with E-state index < -0.39 is 12.7 Å². The van der Waals surface area contributed by atoms with Crippen molar-refractivity contribution in [2.24, 2.45) is 0 Å². The molecule has 2 aromatic rings. The molecule has 0 aliphatic rings. The molecule has 8 heteroatoms. The van der Waals surface area contributed by atoms with E-state index in [1.165, 1.54) is 35.2 Å². The number of aliphatic hydroxyl groups is 1. The third-order valence-electron chi connectivity index (χ3n) is 2.36. The Balaban J connectivity index is 1.90. The minimum atomic E-state index is -2.85. The van der Waals surface area contributed by atoms with Gasteiger partial charge in [0.25, 0.3) is 0 Å². The van der Waals surface area contributed by atoms with E-state index in [-0.39, 0.29) is 5.75 Å². The number of aryl methyl sites for hydroxylation is 1. The van der Waals surface area contributed by atoms with E-state index in [1.807, 2.05) is 6.92 Å². The molecule has 1 heterocycles. The third-order valence-corrected chi connectivity index (χ3v) is 4.41. The molecule has 0 aliphatic carbocycles. The third kappa shape index (κ3) is 4.39. The molecule has 0 spiro atoms. The summed E-state index contributed by atoms with van der Waals surface area (Å²) < 4.78 is 29.0. The van der Waals surface area contributed by atoms with E-state index in [9.17, 15) is 13.9 Å². The summed E-state index contributed by atoms with van der Waals surface area (Å²) in [4.78, 5) is 0. The number of ether oxygens (including phenoxy) is 1. The Kier molecular flexibility index (Phi) is 5.27. The normalized spacial score (nSPS) is 12.7. The average Bonchev–Trinajstić information content (AvgIpc) is 2.82. The van der Waals surface area contributed by atoms with Crippen LogP contribution in [0.3, 0.4) is 0 Å². The largest absolute Gasteiger partial charge is 0.435 e. The van der Waals surface area contributed by atoms with E-state index >= 15 is 0 Å². The highest BCUT2D eigenvalue weighted by Crippen LogP contribution is 2.27. The second kappa shape index (κ2) is 6.96. The minimum Gasteiger partial charge on any atom is -0.435 e. The second-order valence-corrected chi connectivity index (χ2v) is 6.31. The Morgan fingerprint density at radius 1 is 1.30 bits per heavy atom. The highest BCUT2D eigenvalue weighted by Gasteiger charge is 2.11. The van der Waals surface area contributed by atoms with Gasteiger partial charge in [-0.05, 0) is 24.6 Å². The molecule has 0 aliphatic heterocycles. The lowest BCUT2D eigenvalue weighted by Crippen LogP contribution is -2.03. The topological polar surface area (TPSA) is 55.2 Å². The Morgan fingerprint density at radius 2 is 2.00 bits per heavy atom. The van der Waals surface area contributed by atoms with E-state index in [4.69, 9.17) is 0 Å². The first-order chi connectivity index (χ1) is 9.54. The summed E-state index contributed by atoms with van der Waals surface area (Å²) in [5.74, 6) is 0.493. The van der Waals surface area contributed by atoms with Crippen LogP contribution < -0.4 is 4.74 Å². The van der Waals surface area contributed by atoms with Crippen molar-refractivity contribution in [3.63, 3.8) is 0 Å². The van der Waals surface area contributed by atoms with Crippen molar-refractivity contribution in [2.45, 2.75) is 24.0 Å². The molecule has 4 nitrogen and oxygen atoms in total. The summed E-state index contributed by atoms with van der Waals surface area (Å²) in [5.41, 5.74) is 0.639. The van der Waals surface area contributed by atoms with Gasteiger partial charge in [-0.1, -0.05) is 35.2 Å². The van der Waals surface area contributed by atoms with Crippen LogP contribution in [-0.4, -0.2) is 27.7 Å². The summed E-state index contributed by atoms with van der Waals surface area (Å²) >= 11 is 2.86. The van der Waals surface area contributed by atoms with E-state index in [1.54, 1.807) is 12.1 Å². The van der Waals surface area contributed by atoms with Crippen LogP contribution in [0.2, 0.25) is 0 Å². The first-order valence-corrected chi connectivity index (χ1v) is 7.50. The predicted molar refractivity (Wildman–Crippen MR) is 73.4 cm³/mol. The van der Waals surface area contributed by atoms with E-state index in [2.05, 4.69) is 14.9 Å². The first kappa shape index (κ1) is 15.1. The van der Waals surface area contributed by atoms with Gasteiger partial charge in [-0.2, -0.15) is 8.78 Å². The van der Waals surface area contributed by atoms with E-state index in [0.717, 1.165) is 9.35 Å². The fourth-order valence-electron chi connectivity index (χ4n) is 1.45. The lowest BCUT2D eigenvalue weighted by Gasteiger charge is -2.10. The van der Waals surface area contributed by atoms with Crippen LogP contribution in [0.15, 0.2) is 28.6 Å². The Hall–Kier alpha value is -1.25. The van der Waals surface area contributed by atoms with Gasteiger partial charge in [0.05, 0.1) is 6.10 Å². The van der Waals surface area contributed by atoms with Crippen LogP contribution in [0.25, 0.3) is 0 Å². The number of aliphatic hydroxyl groups excluding tert-OH is 1. The zero-order valence-corrected chi connectivity index (χ0v) is 12.1. The van der Waals surface area contributed by atoms with Gasteiger partial charge in [0.15, 0.2) is 4.34 Å². The summed E-state index contributed by atoms with van der Waals surface area (Å²) in [6.45, 7) is -0.984. The summed E-state index contributed by atoms with van der Waals surface area (Å²) in [7, 11) is 0. The van der Waals surface area contributed by atoms with Crippen molar-refractivity contribution in [3.8, 4) is 5.75 Å². The second-order valence-electron chi connectivity index (χ2n) is 3.86. The predicted octanol–water partition coefficient (Wildman–Crippen LogP) is 3.27. The van der Waals surface area contributed by atoms with Crippen LogP contribution in [0.4, 0.5) is 8.78 Å². The van der Waals surface area contributed by atoms with Gasteiger partial charge >= 0.3 is 6.61 Å². The molecular weight excluding hydrogens is 306 g/mol. The monoisotopic (exact) mass is 318 g/mol. The summed E-state index contributed by atoms with van der Waals surface area (Å²) in [5, 5.41) is 18.7. The van der Waals surface area contributed by atoms with Gasteiger partial charge in [-0.15, -0.1) is 10.2 Å². The molecule has 1 aromatic heterocycles. The molecule has 1 unspecified atom stereocenters. The number of benzene rings is 1. The summed E-state index contributed by atoms with van der Waals surface area (Å²) in [6.07, 6.45) is -0.704.